The Balaban J connectivity index is 1.52. The molecule has 3 aromatic rings. The van der Waals surface area contributed by atoms with Crippen LogP contribution in [-0.4, -0.2) is 46.0 Å². The van der Waals surface area contributed by atoms with E-state index in [4.69, 9.17) is 4.74 Å². The molecule has 0 aliphatic carbocycles. The molecule has 134 valence electrons. The molecule has 0 unspecified atom stereocenters. The van der Waals surface area contributed by atoms with Crippen LogP contribution in [0.2, 0.25) is 0 Å². The first-order valence-corrected chi connectivity index (χ1v) is 8.93. The van der Waals surface area contributed by atoms with Crippen LogP contribution in [0.15, 0.2) is 42.9 Å². The highest BCUT2D eigenvalue weighted by atomic mass is 16.5. The maximum absolute atomic E-state index is 12.0. The fourth-order valence-electron chi connectivity index (χ4n) is 3.75. The molecule has 1 N–H and O–H groups in total. The molecule has 0 amide bonds. The van der Waals surface area contributed by atoms with E-state index in [0.29, 0.717) is 17.0 Å². The Morgan fingerprint density at radius 3 is 2.81 bits per heavy atom. The van der Waals surface area contributed by atoms with Crippen molar-refractivity contribution < 1.29 is 9.53 Å². The third-order valence-electron chi connectivity index (χ3n) is 5.15. The Labute approximate surface area is 152 Å². The molecule has 6 heteroatoms. The molecule has 1 saturated heterocycles. The van der Waals surface area contributed by atoms with Crippen LogP contribution < -0.4 is 0 Å². The zero-order valence-corrected chi connectivity index (χ0v) is 14.8. The van der Waals surface area contributed by atoms with Gasteiger partial charge in [0.05, 0.1) is 18.2 Å². The van der Waals surface area contributed by atoms with Crippen molar-refractivity contribution >= 4 is 16.9 Å². The minimum absolute atomic E-state index is 0.348. The van der Waals surface area contributed by atoms with E-state index in [9.17, 15) is 4.79 Å². The predicted octanol–water partition coefficient (Wildman–Crippen LogP) is 3.12. The summed E-state index contributed by atoms with van der Waals surface area (Å²) < 4.78 is 4.88. The first kappa shape index (κ1) is 16.7. The number of esters is 1. The van der Waals surface area contributed by atoms with Gasteiger partial charge in [-0.2, -0.15) is 0 Å². The lowest BCUT2D eigenvalue weighted by Gasteiger charge is -2.31. The Bertz CT molecular complexity index is 899. The number of hydrogen-bond acceptors (Lipinski definition) is 5. The van der Waals surface area contributed by atoms with Crippen LogP contribution in [0.5, 0.6) is 0 Å². The number of nitrogens with one attached hydrogen (secondary N) is 1. The van der Waals surface area contributed by atoms with Crippen LogP contribution in [0.3, 0.4) is 0 Å². The van der Waals surface area contributed by atoms with E-state index >= 15 is 0 Å². The zero-order valence-electron chi connectivity index (χ0n) is 14.8. The summed E-state index contributed by atoms with van der Waals surface area (Å²) in [5.74, 6) is 1.27. The third kappa shape index (κ3) is 3.20. The van der Waals surface area contributed by atoms with Gasteiger partial charge in [-0.3, -0.25) is 9.88 Å². The van der Waals surface area contributed by atoms with Crippen molar-refractivity contribution in [3.8, 4) is 0 Å². The van der Waals surface area contributed by atoms with Crippen molar-refractivity contribution in [2.45, 2.75) is 25.3 Å². The number of fused-ring (bicyclic) bond motifs is 1. The Hall–Kier alpha value is -2.73. The third-order valence-corrected chi connectivity index (χ3v) is 5.15. The van der Waals surface area contributed by atoms with Crippen LogP contribution in [0.1, 0.15) is 40.5 Å². The summed E-state index contributed by atoms with van der Waals surface area (Å²) in [6.45, 7) is 2.92. The summed E-state index contributed by atoms with van der Waals surface area (Å²) in [6, 6.07) is 7.73. The molecule has 6 nitrogen and oxygen atoms in total. The molecule has 1 aliphatic heterocycles. The number of aromatic amines is 1. The number of ether oxygens (including phenoxy) is 1. The monoisotopic (exact) mass is 350 g/mol. The fourth-order valence-corrected chi connectivity index (χ4v) is 3.75. The molecule has 2 aromatic heterocycles. The second-order valence-electron chi connectivity index (χ2n) is 6.69. The molecular formula is C20H22N4O2. The van der Waals surface area contributed by atoms with Crippen molar-refractivity contribution in [2.24, 2.45) is 0 Å². The van der Waals surface area contributed by atoms with Gasteiger partial charge in [0, 0.05) is 36.4 Å². The van der Waals surface area contributed by atoms with Gasteiger partial charge < -0.3 is 9.72 Å². The lowest BCUT2D eigenvalue weighted by molar-refractivity contribution is 0.0603. The van der Waals surface area contributed by atoms with Gasteiger partial charge in [-0.25, -0.2) is 9.78 Å². The molecule has 1 aromatic carbocycles. The normalized spacial score (nSPS) is 16.0. The highest BCUT2D eigenvalue weighted by molar-refractivity contribution is 6.03. The maximum Gasteiger partial charge on any atom is 0.340 e. The number of carbonyl (C=O) groups is 1. The molecule has 3 heterocycles. The number of piperidine rings is 1. The van der Waals surface area contributed by atoms with Crippen molar-refractivity contribution in [3.63, 3.8) is 0 Å². The van der Waals surface area contributed by atoms with E-state index in [1.807, 2.05) is 30.6 Å². The highest BCUT2D eigenvalue weighted by Gasteiger charge is 2.23. The van der Waals surface area contributed by atoms with Gasteiger partial charge in [-0.15, -0.1) is 0 Å². The number of pyridine rings is 1. The van der Waals surface area contributed by atoms with E-state index in [0.717, 1.165) is 43.7 Å². The number of rotatable bonds is 4. The number of benzene rings is 1. The minimum Gasteiger partial charge on any atom is -0.465 e. The number of para-hydroxylation sites is 1. The highest BCUT2D eigenvalue weighted by Crippen LogP contribution is 2.28. The van der Waals surface area contributed by atoms with E-state index in [-0.39, 0.29) is 5.97 Å². The van der Waals surface area contributed by atoms with Crippen LogP contribution >= 0.6 is 0 Å². The summed E-state index contributed by atoms with van der Waals surface area (Å²) in [7, 11) is 1.40. The minimum atomic E-state index is -0.348. The van der Waals surface area contributed by atoms with Crippen LogP contribution in [-0.2, 0) is 11.3 Å². The molecule has 0 saturated carbocycles. The van der Waals surface area contributed by atoms with Gasteiger partial charge in [0.1, 0.15) is 5.82 Å². The van der Waals surface area contributed by atoms with E-state index in [1.165, 1.54) is 12.7 Å². The lowest BCUT2D eigenvalue weighted by Crippen LogP contribution is -2.32. The van der Waals surface area contributed by atoms with Crippen LogP contribution in [0, 0.1) is 0 Å². The predicted molar refractivity (Wildman–Crippen MR) is 98.9 cm³/mol. The van der Waals surface area contributed by atoms with Gasteiger partial charge in [0.15, 0.2) is 0 Å². The molecule has 0 spiro atoms. The van der Waals surface area contributed by atoms with Gasteiger partial charge in [-0.05, 0) is 43.6 Å². The zero-order chi connectivity index (χ0) is 17.9. The van der Waals surface area contributed by atoms with Crippen molar-refractivity contribution in [3.05, 3.63) is 59.8 Å². The molecule has 1 aliphatic rings. The number of likely N-dealkylation sites (tertiary alicyclic amines) is 1. The number of imidazole rings is 1. The lowest BCUT2D eigenvalue weighted by atomic mass is 9.95. The first-order valence-electron chi connectivity index (χ1n) is 8.93. The number of H-pyrrole nitrogens is 1. The average molecular weight is 350 g/mol. The smallest absolute Gasteiger partial charge is 0.340 e. The Morgan fingerprint density at radius 1 is 1.23 bits per heavy atom. The number of nitrogens with zero attached hydrogens (tertiary/aromatic N) is 3. The van der Waals surface area contributed by atoms with Gasteiger partial charge in [0.2, 0.25) is 0 Å². The molecule has 4 rings (SSSR count). The van der Waals surface area contributed by atoms with Gasteiger partial charge in [-0.1, -0.05) is 12.1 Å². The second-order valence-corrected chi connectivity index (χ2v) is 6.69. The summed E-state index contributed by atoms with van der Waals surface area (Å²) in [4.78, 5) is 26.5. The number of carbonyl (C=O) groups excluding carboxylic acids is 1. The van der Waals surface area contributed by atoms with E-state index < -0.39 is 0 Å². The molecule has 0 bridgehead atoms. The number of aromatic nitrogens is 3. The fraction of sp³-hybridized carbons (Fsp3) is 0.350. The molecule has 1 fully saturated rings. The van der Waals surface area contributed by atoms with Crippen molar-refractivity contribution in [2.75, 3.05) is 20.2 Å². The molecular weight excluding hydrogens is 328 g/mol. The summed E-state index contributed by atoms with van der Waals surface area (Å²) in [6.07, 6.45) is 7.70. The summed E-state index contributed by atoms with van der Waals surface area (Å²) >= 11 is 0. The average Bonchev–Trinajstić information content (AvgIpc) is 3.22. The van der Waals surface area contributed by atoms with E-state index in [2.05, 4.69) is 19.9 Å². The molecule has 0 radical (unpaired) electrons. The standard InChI is InChI=1S/C20H22N4O2/c1-26-20(25)17-4-2-3-16-15(5-8-21-18(16)17)13-24-11-6-14(7-12-24)19-22-9-10-23-19/h2-5,8-10,14H,6-7,11-13H2,1H3,(H,22,23). The van der Waals surface area contributed by atoms with Gasteiger partial charge >= 0.3 is 5.97 Å². The largest absolute Gasteiger partial charge is 0.465 e. The van der Waals surface area contributed by atoms with Crippen LogP contribution in [0.25, 0.3) is 10.9 Å². The Kier molecular flexibility index (Phi) is 4.67. The summed E-state index contributed by atoms with van der Waals surface area (Å²) in [5, 5.41) is 1.02. The van der Waals surface area contributed by atoms with E-state index in [1.54, 1.807) is 12.3 Å². The van der Waals surface area contributed by atoms with Crippen LogP contribution in [0.4, 0.5) is 0 Å². The topological polar surface area (TPSA) is 71.1 Å². The van der Waals surface area contributed by atoms with Gasteiger partial charge in [0.25, 0.3) is 0 Å². The quantitative estimate of drug-likeness (QED) is 0.732. The van der Waals surface area contributed by atoms with Crippen molar-refractivity contribution in [1.29, 1.82) is 0 Å². The number of methoxy groups -OCH3 is 1. The Morgan fingerprint density at radius 2 is 2.08 bits per heavy atom. The maximum atomic E-state index is 12.0. The van der Waals surface area contributed by atoms with Crippen molar-refractivity contribution in [1.82, 2.24) is 19.9 Å². The molecule has 26 heavy (non-hydrogen) atoms. The first-order chi connectivity index (χ1) is 12.8. The summed E-state index contributed by atoms with van der Waals surface area (Å²) in [5.41, 5.74) is 2.42. The second kappa shape index (κ2) is 7.25. The number of hydrogen-bond donors (Lipinski definition) is 1. The SMILES string of the molecule is COC(=O)c1cccc2c(CN3CCC(c4ncc[nH]4)CC3)ccnc12. The molecule has 0 atom stereocenters.